The van der Waals surface area contributed by atoms with E-state index >= 15 is 0 Å². The average molecular weight is 351 g/mol. The fourth-order valence-corrected chi connectivity index (χ4v) is 3.01. The highest BCUT2D eigenvalue weighted by Crippen LogP contribution is 2.18. The van der Waals surface area contributed by atoms with Crippen LogP contribution in [0, 0.1) is 0 Å². The summed E-state index contributed by atoms with van der Waals surface area (Å²) in [6.07, 6.45) is 1.90. The van der Waals surface area contributed by atoms with Crippen LogP contribution in [0.15, 0.2) is 0 Å². The Morgan fingerprint density at radius 3 is 2.64 bits per heavy atom. The molecule has 0 bridgehead atoms. The fraction of sp³-hybridized carbons (Fsp3) is 0.636. The van der Waals surface area contributed by atoms with E-state index in [1.165, 1.54) is 11.3 Å². The van der Waals surface area contributed by atoms with E-state index in [4.69, 9.17) is 4.55 Å². The second kappa shape index (κ2) is 8.15. The lowest BCUT2D eigenvalue weighted by Crippen LogP contribution is -2.34. The zero-order chi connectivity index (χ0) is 16.8. The summed E-state index contributed by atoms with van der Waals surface area (Å²) in [6, 6.07) is 0. The number of amides is 1. The van der Waals surface area contributed by atoms with Gasteiger partial charge in [0.25, 0.3) is 10.1 Å². The molecule has 2 N–H and O–H groups in total. The Morgan fingerprint density at radius 2 is 2.09 bits per heavy atom. The average Bonchev–Trinajstić information content (AvgIpc) is 2.88. The molecule has 11 heteroatoms. The van der Waals surface area contributed by atoms with E-state index in [9.17, 15) is 18.0 Å². The topological polar surface area (TPSA) is 136 Å². The van der Waals surface area contributed by atoms with E-state index in [-0.39, 0.29) is 5.13 Å². The van der Waals surface area contributed by atoms with Crippen LogP contribution in [-0.4, -0.2) is 47.4 Å². The third-order valence-electron chi connectivity index (χ3n) is 2.65. The van der Waals surface area contributed by atoms with Crippen molar-refractivity contribution in [1.29, 1.82) is 0 Å². The number of methoxy groups -OCH3 is 1. The molecule has 0 aliphatic heterocycles. The lowest BCUT2D eigenvalue weighted by molar-refractivity contribution is -0.141. The number of aryl methyl sites for hydroxylation is 1. The second-order valence-corrected chi connectivity index (χ2v) is 7.04. The van der Waals surface area contributed by atoms with E-state index in [0.29, 0.717) is 0 Å². The van der Waals surface area contributed by atoms with E-state index in [1.54, 1.807) is 0 Å². The van der Waals surface area contributed by atoms with Gasteiger partial charge in [-0.1, -0.05) is 24.7 Å². The molecule has 0 fully saturated rings. The van der Waals surface area contributed by atoms with E-state index in [2.05, 4.69) is 20.3 Å². The fourth-order valence-electron chi connectivity index (χ4n) is 1.51. The molecule has 1 amide bonds. The highest BCUT2D eigenvalue weighted by Gasteiger charge is 2.34. The molecule has 9 nitrogen and oxygen atoms in total. The van der Waals surface area contributed by atoms with Crippen LogP contribution >= 0.6 is 11.3 Å². The van der Waals surface area contributed by atoms with Crippen LogP contribution in [0.5, 0.6) is 0 Å². The Hall–Kier alpha value is -1.59. The van der Waals surface area contributed by atoms with Crippen LogP contribution in [0.2, 0.25) is 0 Å². The largest absolute Gasteiger partial charge is 0.468 e. The summed E-state index contributed by atoms with van der Waals surface area (Å²) in [7, 11) is -3.78. The highest BCUT2D eigenvalue weighted by molar-refractivity contribution is 7.87. The third-order valence-corrected chi connectivity index (χ3v) is 4.63. The van der Waals surface area contributed by atoms with Crippen LogP contribution in [-0.2, 0) is 30.9 Å². The smallest absolute Gasteiger partial charge is 0.327 e. The highest BCUT2D eigenvalue weighted by atomic mass is 32.2. The number of nitrogens with one attached hydrogen (secondary N) is 1. The van der Waals surface area contributed by atoms with Crippen LogP contribution in [0.25, 0.3) is 0 Å². The zero-order valence-electron chi connectivity index (χ0n) is 12.1. The first kappa shape index (κ1) is 18.5. The number of hydrogen-bond donors (Lipinski definition) is 2. The van der Waals surface area contributed by atoms with Gasteiger partial charge in [-0.25, -0.2) is 0 Å². The number of carbonyl (C=O) groups is 2. The minimum Gasteiger partial charge on any atom is -0.468 e. The second-order valence-electron chi connectivity index (χ2n) is 4.38. The SMILES string of the molecule is CCCCc1nnc(NC(=O)CC(C(=O)OC)S(=O)(=O)O)s1. The lowest BCUT2D eigenvalue weighted by atomic mass is 10.3. The Bertz CT molecular complexity index is 628. The Morgan fingerprint density at radius 1 is 1.41 bits per heavy atom. The predicted octanol–water partition coefficient (Wildman–Crippen LogP) is 0.639. The van der Waals surface area contributed by atoms with E-state index < -0.39 is 33.7 Å². The minimum absolute atomic E-state index is 0.204. The predicted molar refractivity (Wildman–Crippen MR) is 79.1 cm³/mol. The van der Waals surface area contributed by atoms with Crippen LogP contribution in [0.1, 0.15) is 31.2 Å². The number of unbranched alkanes of at least 4 members (excludes halogenated alkanes) is 1. The molecule has 1 unspecified atom stereocenters. The molecule has 1 aromatic rings. The van der Waals surface area contributed by atoms with Crippen molar-refractivity contribution in [3.05, 3.63) is 5.01 Å². The minimum atomic E-state index is -4.74. The summed E-state index contributed by atoms with van der Waals surface area (Å²) < 4.78 is 35.4. The maximum Gasteiger partial charge on any atom is 0.327 e. The van der Waals surface area contributed by atoms with Gasteiger partial charge in [0.2, 0.25) is 11.0 Å². The molecule has 0 aliphatic carbocycles. The number of nitrogens with zero attached hydrogens (tertiary/aromatic N) is 2. The molecule has 0 saturated carbocycles. The maximum atomic E-state index is 11.8. The van der Waals surface area contributed by atoms with Gasteiger partial charge in [-0.2, -0.15) is 8.42 Å². The normalized spacial score (nSPS) is 12.7. The molecule has 1 rings (SSSR count). The Balaban J connectivity index is 2.68. The first-order chi connectivity index (χ1) is 10.3. The lowest BCUT2D eigenvalue weighted by Gasteiger charge is -2.10. The summed E-state index contributed by atoms with van der Waals surface area (Å²) in [4.78, 5) is 23.1. The van der Waals surface area contributed by atoms with Gasteiger partial charge in [-0.15, -0.1) is 10.2 Å². The van der Waals surface area contributed by atoms with Crippen molar-refractivity contribution in [2.45, 2.75) is 37.9 Å². The Labute approximate surface area is 131 Å². The van der Waals surface area contributed by atoms with Crippen molar-refractivity contribution in [3.8, 4) is 0 Å². The summed E-state index contributed by atoms with van der Waals surface area (Å²) in [6.45, 7) is 2.03. The molecule has 124 valence electrons. The maximum absolute atomic E-state index is 11.8. The number of aromatic nitrogens is 2. The number of ether oxygens (including phenoxy) is 1. The monoisotopic (exact) mass is 351 g/mol. The van der Waals surface area contributed by atoms with Gasteiger partial charge < -0.3 is 10.1 Å². The van der Waals surface area contributed by atoms with Gasteiger partial charge in [0.15, 0.2) is 5.25 Å². The van der Waals surface area contributed by atoms with Gasteiger partial charge >= 0.3 is 5.97 Å². The molecule has 1 aromatic heterocycles. The van der Waals surface area contributed by atoms with Crippen molar-refractivity contribution in [2.75, 3.05) is 12.4 Å². The van der Waals surface area contributed by atoms with Crippen molar-refractivity contribution in [2.24, 2.45) is 0 Å². The van der Waals surface area contributed by atoms with Crippen molar-refractivity contribution >= 4 is 38.5 Å². The molecule has 1 atom stereocenters. The zero-order valence-corrected chi connectivity index (χ0v) is 13.7. The molecule has 1 heterocycles. The van der Waals surface area contributed by atoms with Crippen LogP contribution in [0.4, 0.5) is 5.13 Å². The molecule has 0 saturated heterocycles. The quantitative estimate of drug-likeness (QED) is 0.514. The number of carbonyl (C=O) groups excluding carboxylic acids is 2. The molecule has 0 spiro atoms. The molecule has 0 aromatic carbocycles. The van der Waals surface area contributed by atoms with E-state index in [0.717, 1.165) is 31.4 Å². The third kappa shape index (κ3) is 5.66. The van der Waals surface area contributed by atoms with Crippen molar-refractivity contribution < 1.29 is 27.3 Å². The van der Waals surface area contributed by atoms with Gasteiger partial charge in [-0.3, -0.25) is 14.1 Å². The number of hydrogen-bond acceptors (Lipinski definition) is 8. The summed E-state index contributed by atoms with van der Waals surface area (Å²) in [5.74, 6) is -2.00. The molecule has 0 radical (unpaired) electrons. The molecule has 0 aliphatic rings. The number of esters is 1. The van der Waals surface area contributed by atoms with Crippen molar-refractivity contribution in [3.63, 3.8) is 0 Å². The van der Waals surface area contributed by atoms with Crippen molar-refractivity contribution in [1.82, 2.24) is 10.2 Å². The van der Waals surface area contributed by atoms with Gasteiger partial charge in [0.05, 0.1) is 13.5 Å². The van der Waals surface area contributed by atoms with Gasteiger partial charge in [0, 0.05) is 6.42 Å². The Kier molecular flexibility index (Phi) is 6.84. The standard InChI is InChI=1S/C11H17N3O6S2/c1-3-4-5-9-13-14-11(21-9)12-8(15)6-7(10(16)20-2)22(17,18)19/h7H,3-6H2,1-2H3,(H,12,14,15)(H,17,18,19). The van der Waals surface area contributed by atoms with Gasteiger partial charge in [0.1, 0.15) is 5.01 Å². The molecular formula is C11H17N3O6S2. The first-order valence-electron chi connectivity index (χ1n) is 6.44. The first-order valence-corrected chi connectivity index (χ1v) is 8.76. The van der Waals surface area contributed by atoms with Crippen LogP contribution < -0.4 is 5.32 Å². The van der Waals surface area contributed by atoms with E-state index in [1.807, 2.05) is 6.92 Å². The molecule has 22 heavy (non-hydrogen) atoms. The number of anilines is 1. The van der Waals surface area contributed by atoms with Gasteiger partial charge in [-0.05, 0) is 6.42 Å². The summed E-state index contributed by atoms with van der Waals surface area (Å²) >= 11 is 1.17. The summed E-state index contributed by atoms with van der Waals surface area (Å²) in [5.41, 5.74) is 0. The molecular weight excluding hydrogens is 334 g/mol. The summed E-state index contributed by atoms with van der Waals surface area (Å²) in [5, 5.41) is 8.96. The van der Waals surface area contributed by atoms with Crippen LogP contribution in [0.3, 0.4) is 0 Å². The number of rotatable bonds is 8.